The highest BCUT2D eigenvalue weighted by atomic mass is 79.9. The van der Waals surface area contributed by atoms with Gasteiger partial charge in [0.25, 0.3) is 11.8 Å². The maximum Gasteiger partial charge on any atom is 0.272 e. The number of rotatable bonds is 11. The van der Waals surface area contributed by atoms with E-state index in [2.05, 4.69) is 31.9 Å². The highest BCUT2D eigenvalue weighted by Gasteiger charge is 2.15. The van der Waals surface area contributed by atoms with Gasteiger partial charge < -0.3 is 25.4 Å². The molecule has 3 amide bonds. The van der Waals surface area contributed by atoms with Crippen LogP contribution < -0.4 is 25.4 Å². The van der Waals surface area contributed by atoms with Gasteiger partial charge in [0.2, 0.25) is 5.91 Å². The molecule has 4 aromatic carbocycles. The van der Waals surface area contributed by atoms with Crippen LogP contribution in [0, 0.1) is 0 Å². The van der Waals surface area contributed by atoms with Crippen LogP contribution in [0.3, 0.4) is 0 Å². The predicted octanol–water partition coefficient (Wildman–Crippen LogP) is 6.61. The Kier molecular flexibility index (Phi) is 10.8. The SMILES string of the molecule is COc1ccc(NC(=O)CSc2ccc(NC(=O)/C(=C/c3ccc(Br)cc3)NC(=O)c3ccccc3)cc2)c(OC)c1. The zero-order valence-corrected chi connectivity index (χ0v) is 25.3. The summed E-state index contributed by atoms with van der Waals surface area (Å²) in [5, 5.41) is 8.40. The Morgan fingerprint density at radius 2 is 1.55 bits per heavy atom. The van der Waals surface area contributed by atoms with Crippen LogP contribution in [-0.4, -0.2) is 37.7 Å². The summed E-state index contributed by atoms with van der Waals surface area (Å²) in [6.45, 7) is 0. The monoisotopic (exact) mass is 645 g/mol. The van der Waals surface area contributed by atoms with Crippen LogP contribution in [0.15, 0.2) is 112 Å². The number of ether oxygens (including phenoxy) is 2. The van der Waals surface area contributed by atoms with Crippen molar-refractivity contribution in [2.45, 2.75) is 4.90 Å². The molecule has 214 valence electrons. The molecule has 0 spiro atoms. The second kappa shape index (κ2) is 14.9. The van der Waals surface area contributed by atoms with E-state index < -0.39 is 11.8 Å². The van der Waals surface area contributed by atoms with Gasteiger partial charge >= 0.3 is 0 Å². The quantitative estimate of drug-likeness (QED) is 0.125. The van der Waals surface area contributed by atoms with Gasteiger partial charge in [-0.05, 0) is 72.3 Å². The molecule has 0 heterocycles. The van der Waals surface area contributed by atoms with Gasteiger partial charge in [-0.2, -0.15) is 0 Å². The third kappa shape index (κ3) is 8.73. The Balaban J connectivity index is 1.39. The highest BCUT2D eigenvalue weighted by molar-refractivity contribution is 9.10. The summed E-state index contributed by atoms with van der Waals surface area (Å²) in [5.74, 6) is 0.230. The number of hydrogen-bond acceptors (Lipinski definition) is 6. The van der Waals surface area contributed by atoms with Gasteiger partial charge in [0.05, 0.1) is 25.7 Å². The number of anilines is 2. The molecule has 0 aliphatic rings. The Bertz CT molecular complexity index is 1580. The molecule has 4 aromatic rings. The van der Waals surface area contributed by atoms with Gasteiger partial charge in [-0.15, -0.1) is 11.8 Å². The van der Waals surface area contributed by atoms with E-state index in [9.17, 15) is 14.4 Å². The lowest BCUT2D eigenvalue weighted by Crippen LogP contribution is -2.30. The second-order valence-corrected chi connectivity index (χ2v) is 10.8. The number of nitrogens with one attached hydrogen (secondary N) is 3. The van der Waals surface area contributed by atoms with E-state index in [1.54, 1.807) is 67.8 Å². The average molecular weight is 647 g/mol. The molecule has 10 heteroatoms. The minimum atomic E-state index is -0.476. The van der Waals surface area contributed by atoms with E-state index in [0.717, 1.165) is 14.9 Å². The molecule has 0 radical (unpaired) electrons. The number of amides is 3. The van der Waals surface area contributed by atoms with E-state index >= 15 is 0 Å². The van der Waals surface area contributed by atoms with Crippen LogP contribution in [0.5, 0.6) is 11.5 Å². The molecular weight excluding hydrogens is 618 g/mol. The number of carbonyl (C=O) groups is 3. The summed E-state index contributed by atoms with van der Waals surface area (Å²) in [7, 11) is 3.08. The Hall–Kier alpha value is -4.54. The van der Waals surface area contributed by atoms with Crippen molar-refractivity contribution < 1.29 is 23.9 Å². The van der Waals surface area contributed by atoms with Gasteiger partial charge in [0.15, 0.2) is 0 Å². The van der Waals surface area contributed by atoms with Gasteiger partial charge in [-0.3, -0.25) is 14.4 Å². The fraction of sp³-hybridized carbons (Fsp3) is 0.0938. The lowest BCUT2D eigenvalue weighted by Gasteiger charge is -2.12. The maximum atomic E-state index is 13.2. The molecule has 0 fully saturated rings. The molecule has 0 saturated carbocycles. The molecule has 0 aromatic heterocycles. The van der Waals surface area contributed by atoms with Crippen molar-refractivity contribution in [2.75, 3.05) is 30.6 Å². The van der Waals surface area contributed by atoms with Crippen molar-refractivity contribution in [3.8, 4) is 11.5 Å². The molecule has 42 heavy (non-hydrogen) atoms. The van der Waals surface area contributed by atoms with Crippen molar-refractivity contribution in [3.63, 3.8) is 0 Å². The van der Waals surface area contributed by atoms with Crippen LogP contribution in [0.1, 0.15) is 15.9 Å². The first-order valence-corrected chi connectivity index (χ1v) is 14.5. The minimum Gasteiger partial charge on any atom is -0.497 e. The summed E-state index contributed by atoms with van der Waals surface area (Å²) >= 11 is 4.75. The summed E-state index contributed by atoms with van der Waals surface area (Å²) in [6.07, 6.45) is 1.61. The normalized spacial score (nSPS) is 10.9. The first kappa shape index (κ1) is 30.4. The fourth-order valence-electron chi connectivity index (χ4n) is 3.74. The third-order valence-corrected chi connectivity index (χ3v) is 7.42. The van der Waals surface area contributed by atoms with Crippen molar-refractivity contribution in [1.82, 2.24) is 5.32 Å². The van der Waals surface area contributed by atoms with Crippen LogP contribution in [-0.2, 0) is 9.59 Å². The molecule has 0 saturated heterocycles. The van der Waals surface area contributed by atoms with Gasteiger partial charge in [-0.1, -0.05) is 46.3 Å². The Morgan fingerprint density at radius 1 is 0.833 bits per heavy atom. The number of benzene rings is 4. The van der Waals surface area contributed by atoms with Gasteiger partial charge in [0, 0.05) is 26.7 Å². The van der Waals surface area contributed by atoms with Crippen LogP contribution in [0.2, 0.25) is 0 Å². The Morgan fingerprint density at radius 3 is 2.21 bits per heavy atom. The van der Waals surface area contributed by atoms with Crippen molar-refractivity contribution in [3.05, 3.63) is 118 Å². The first-order valence-electron chi connectivity index (χ1n) is 12.7. The lowest BCUT2D eigenvalue weighted by molar-refractivity contribution is -0.114. The highest BCUT2D eigenvalue weighted by Crippen LogP contribution is 2.29. The first-order chi connectivity index (χ1) is 20.3. The molecule has 0 aliphatic carbocycles. The molecule has 0 unspecified atom stereocenters. The van der Waals surface area contributed by atoms with Gasteiger partial charge in [0.1, 0.15) is 17.2 Å². The average Bonchev–Trinajstić information content (AvgIpc) is 3.02. The van der Waals surface area contributed by atoms with Crippen LogP contribution in [0.25, 0.3) is 6.08 Å². The number of methoxy groups -OCH3 is 2. The topological polar surface area (TPSA) is 106 Å². The standard InChI is InChI=1S/C32H28BrN3O5S/c1-40-25-14-17-27(29(19-25)41-2)35-30(37)20-42-26-15-12-24(13-16-26)34-32(39)28(18-21-8-10-23(33)11-9-21)36-31(38)22-6-4-3-5-7-22/h3-19H,20H2,1-2H3,(H,34,39)(H,35,37)(H,36,38)/b28-18-. The summed E-state index contributed by atoms with van der Waals surface area (Å²) in [4.78, 5) is 39.4. The number of carbonyl (C=O) groups excluding carboxylic acids is 3. The maximum absolute atomic E-state index is 13.2. The minimum absolute atomic E-state index is 0.0928. The number of thioether (sulfide) groups is 1. The van der Waals surface area contributed by atoms with Crippen molar-refractivity contribution in [2.24, 2.45) is 0 Å². The van der Waals surface area contributed by atoms with E-state index in [0.29, 0.717) is 28.4 Å². The van der Waals surface area contributed by atoms with Crippen molar-refractivity contribution >= 4 is 62.9 Å². The van der Waals surface area contributed by atoms with Crippen LogP contribution >= 0.6 is 27.7 Å². The Labute approximate surface area is 256 Å². The van der Waals surface area contributed by atoms with E-state index in [1.807, 2.05) is 42.5 Å². The predicted molar refractivity (Wildman–Crippen MR) is 170 cm³/mol. The molecule has 3 N–H and O–H groups in total. The van der Waals surface area contributed by atoms with Crippen LogP contribution in [0.4, 0.5) is 11.4 Å². The summed E-state index contributed by atoms with van der Waals surface area (Å²) in [5.41, 5.74) is 2.35. The molecule has 8 nitrogen and oxygen atoms in total. The van der Waals surface area contributed by atoms with E-state index in [-0.39, 0.29) is 17.4 Å². The summed E-state index contributed by atoms with van der Waals surface area (Å²) < 4.78 is 11.4. The molecular formula is C32H28BrN3O5S. The second-order valence-electron chi connectivity index (χ2n) is 8.81. The fourth-order valence-corrected chi connectivity index (χ4v) is 4.70. The zero-order valence-electron chi connectivity index (χ0n) is 22.8. The number of hydrogen-bond donors (Lipinski definition) is 3. The molecule has 0 bridgehead atoms. The lowest BCUT2D eigenvalue weighted by atomic mass is 10.1. The van der Waals surface area contributed by atoms with E-state index in [1.165, 1.54) is 18.9 Å². The molecule has 4 rings (SSSR count). The number of halogens is 1. The third-order valence-electron chi connectivity index (χ3n) is 5.87. The smallest absolute Gasteiger partial charge is 0.272 e. The molecule has 0 aliphatic heterocycles. The van der Waals surface area contributed by atoms with E-state index in [4.69, 9.17) is 9.47 Å². The summed E-state index contributed by atoms with van der Waals surface area (Å²) in [6, 6.07) is 28.3. The van der Waals surface area contributed by atoms with Crippen molar-refractivity contribution in [1.29, 1.82) is 0 Å². The largest absolute Gasteiger partial charge is 0.497 e. The molecule has 0 atom stereocenters. The van der Waals surface area contributed by atoms with Gasteiger partial charge in [-0.25, -0.2) is 0 Å². The zero-order chi connectivity index (χ0) is 29.9.